The first-order valence-electron chi connectivity index (χ1n) is 5.84. The van der Waals surface area contributed by atoms with Gasteiger partial charge in [-0.25, -0.2) is 13.2 Å². The van der Waals surface area contributed by atoms with Crippen molar-refractivity contribution in [2.45, 2.75) is 6.61 Å². The average molecular weight is 344 g/mol. The smallest absolute Gasteiger partial charge is 0.492 e. The molecule has 0 fully saturated rings. The van der Waals surface area contributed by atoms with Gasteiger partial charge in [0.05, 0.1) is 11.3 Å². The van der Waals surface area contributed by atoms with E-state index in [1.165, 1.54) is 0 Å². The largest absolute Gasteiger partial charge is 1.00 e. The Morgan fingerprint density at radius 2 is 1.50 bits per heavy atom. The maximum atomic E-state index is 13.4. The fourth-order valence-corrected chi connectivity index (χ4v) is 1.73. The summed E-state index contributed by atoms with van der Waals surface area (Å²) < 4.78 is 82.8. The normalized spacial score (nSPS) is 11.0. The molecule has 0 bridgehead atoms. The summed E-state index contributed by atoms with van der Waals surface area (Å²) in [6, 6.07) is 4.88. The zero-order chi connectivity index (χ0) is 15.6. The molecule has 112 valence electrons. The van der Waals surface area contributed by atoms with Crippen molar-refractivity contribution in [1.82, 2.24) is 0 Å². The van der Waals surface area contributed by atoms with Gasteiger partial charge in [0.15, 0.2) is 0 Å². The van der Waals surface area contributed by atoms with Gasteiger partial charge in [-0.15, -0.1) is 0 Å². The van der Waals surface area contributed by atoms with Crippen LogP contribution in [-0.4, -0.2) is 6.98 Å². The van der Waals surface area contributed by atoms with Crippen LogP contribution in [0.25, 0.3) is 0 Å². The molecule has 0 amide bonds. The number of rotatable bonds is 4. The van der Waals surface area contributed by atoms with Crippen molar-refractivity contribution >= 4 is 12.4 Å². The van der Waals surface area contributed by atoms with Crippen LogP contribution < -0.4 is 61.6 Å². The van der Waals surface area contributed by atoms with E-state index < -0.39 is 47.8 Å². The van der Waals surface area contributed by atoms with Crippen LogP contribution in [0.5, 0.6) is 5.75 Å². The summed E-state index contributed by atoms with van der Waals surface area (Å²) in [7, 11) is 0. The molecule has 2 aromatic rings. The maximum Gasteiger partial charge on any atom is 1.00 e. The van der Waals surface area contributed by atoms with E-state index in [0.29, 0.717) is 0 Å². The Labute approximate surface area is 165 Å². The molecular formula is C13H8BF6KO. The topological polar surface area (TPSA) is 9.23 Å². The van der Waals surface area contributed by atoms with E-state index in [1.54, 1.807) is 0 Å². The molecular weight excluding hydrogens is 336 g/mol. The van der Waals surface area contributed by atoms with Crippen molar-refractivity contribution in [3.8, 4) is 5.75 Å². The zero-order valence-corrected chi connectivity index (χ0v) is 14.5. The standard InChI is InChI=1S/C13H8BF6O.K/c15-8-4-5-13(10(6-8)14(18,19)20)21-7-9-11(16)2-1-3-12(9)17;/h1-6H,7H2;/q-1;+1. The predicted molar refractivity (Wildman–Crippen MR) is 65.8 cm³/mol. The summed E-state index contributed by atoms with van der Waals surface area (Å²) in [5, 5.41) is 0. The van der Waals surface area contributed by atoms with E-state index in [0.717, 1.165) is 30.3 Å². The Bertz CT molecular complexity index is 641. The third-order valence-electron chi connectivity index (χ3n) is 2.76. The van der Waals surface area contributed by atoms with Gasteiger partial charge < -0.3 is 17.7 Å². The SMILES string of the molecule is Fc1ccc(OCc2c(F)cccc2F)c([B-](F)(F)F)c1.[K+]. The summed E-state index contributed by atoms with van der Waals surface area (Å²) in [4.78, 5) is 0. The van der Waals surface area contributed by atoms with Gasteiger partial charge in [-0.05, 0) is 30.3 Å². The second kappa shape index (κ2) is 7.87. The van der Waals surface area contributed by atoms with Crippen LogP contribution in [0.1, 0.15) is 5.56 Å². The van der Waals surface area contributed by atoms with Crippen LogP contribution >= 0.6 is 0 Å². The molecule has 0 atom stereocenters. The summed E-state index contributed by atoms with van der Waals surface area (Å²) in [5.41, 5.74) is -1.78. The van der Waals surface area contributed by atoms with E-state index in [1.807, 2.05) is 0 Å². The van der Waals surface area contributed by atoms with Gasteiger partial charge in [-0.3, -0.25) is 0 Å². The molecule has 0 spiro atoms. The number of ether oxygens (including phenoxy) is 1. The van der Waals surface area contributed by atoms with Crippen LogP contribution in [0, 0.1) is 17.5 Å². The fourth-order valence-electron chi connectivity index (χ4n) is 1.73. The summed E-state index contributed by atoms with van der Waals surface area (Å²) in [6.07, 6.45) is 0. The van der Waals surface area contributed by atoms with E-state index in [4.69, 9.17) is 4.74 Å². The summed E-state index contributed by atoms with van der Waals surface area (Å²) in [5.74, 6) is -3.62. The minimum atomic E-state index is -5.51. The Morgan fingerprint density at radius 1 is 0.909 bits per heavy atom. The average Bonchev–Trinajstić information content (AvgIpc) is 2.38. The molecule has 2 rings (SSSR count). The molecule has 0 aliphatic carbocycles. The van der Waals surface area contributed by atoms with Gasteiger partial charge in [0, 0.05) is 0 Å². The van der Waals surface area contributed by atoms with E-state index in [-0.39, 0.29) is 57.5 Å². The van der Waals surface area contributed by atoms with Crippen LogP contribution in [0.3, 0.4) is 0 Å². The Hall–Kier alpha value is -0.479. The minimum absolute atomic E-state index is 0. The Kier molecular flexibility index (Phi) is 7.00. The molecule has 22 heavy (non-hydrogen) atoms. The van der Waals surface area contributed by atoms with Gasteiger partial charge in [0.1, 0.15) is 24.1 Å². The Balaban J connectivity index is 0.00000242. The second-order valence-corrected chi connectivity index (χ2v) is 4.25. The molecule has 0 saturated heterocycles. The number of benzene rings is 2. The van der Waals surface area contributed by atoms with Crippen molar-refractivity contribution in [3.05, 3.63) is 59.4 Å². The zero-order valence-electron chi connectivity index (χ0n) is 11.4. The second-order valence-electron chi connectivity index (χ2n) is 4.25. The first-order chi connectivity index (χ1) is 9.79. The molecule has 0 aliphatic rings. The van der Waals surface area contributed by atoms with Gasteiger partial charge in [-0.2, -0.15) is 0 Å². The molecule has 0 radical (unpaired) electrons. The van der Waals surface area contributed by atoms with Crippen molar-refractivity contribution in [3.63, 3.8) is 0 Å². The van der Waals surface area contributed by atoms with E-state index in [9.17, 15) is 26.1 Å². The molecule has 2 aromatic carbocycles. The van der Waals surface area contributed by atoms with Gasteiger partial charge in [0.25, 0.3) is 0 Å². The third kappa shape index (κ3) is 4.76. The molecule has 9 heteroatoms. The predicted octanol–water partition coefficient (Wildman–Crippen LogP) is 0.741. The minimum Gasteiger partial charge on any atom is -0.492 e. The molecule has 0 heterocycles. The molecule has 0 aromatic heterocycles. The Morgan fingerprint density at radius 3 is 2.05 bits per heavy atom. The number of hydrogen-bond donors (Lipinski definition) is 0. The molecule has 0 aliphatic heterocycles. The monoisotopic (exact) mass is 344 g/mol. The summed E-state index contributed by atoms with van der Waals surface area (Å²) in [6.45, 7) is -6.24. The van der Waals surface area contributed by atoms with Gasteiger partial charge in [-0.1, -0.05) is 11.5 Å². The van der Waals surface area contributed by atoms with Gasteiger partial charge in [0.2, 0.25) is 0 Å². The molecule has 1 nitrogen and oxygen atoms in total. The fraction of sp³-hybridized carbons (Fsp3) is 0.0769. The van der Waals surface area contributed by atoms with Crippen LogP contribution in [0.4, 0.5) is 26.1 Å². The maximum absolute atomic E-state index is 13.4. The molecule has 0 N–H and O–H groups in total. The van der Waals surface area contributed by atoms with Crippen LogP contribution in [0.2, 0.25) is 0 Å². The number of halogens is 6. The molecule has 0 unspecified atom stereocenters. The first kappa shape index (κ1) is 19.6. The number of hydrogen-bond acceptors (Lipinski definition) is 1. The van der Waals surface area contributed by atoms with Crippen molar-refractivity contribution in [1.29, 1.82) is 0 Å². The first-order valence-corrected chi connectivity index (χ1v) is 5.84. The van der Waals surface area contributed by atoms with E-state index >= 15 is 0 Å². The summed E-state index contributed by atoms with van der Waals surface area (Å²) >= 11 is 0. The van der Waals surface area contributed by atoms with Crippen LogP contribution in [0.15, 0.2) is 36.4 Å². The van der Waals surface area contributed by atoms with Crippen molar-refractivity contribution in [2.75, 3.05) is 0 Å². The van der Waals surface area contributed by atoms with Crippen molar-refractivity contribution in [2.24, 2.45) is 0 Å². The van der Waals surface area contributed by atoms with Gasteiger partial charge >= 0.3 is 58.4 Å². The quantitative estimate of drug-likeness (QED) is 0.588. The van der Waals surface area contributed by atoms with Crippen LogP contribution in [-0.2, 0) is 6.61 Å². The van der Waals surface area contributed by atoms with E-state index in [2.05, 4.69) is 0 Å². The third-order valence-corrected chi connectivity index (χ3v) is 2.76. The van der Waals surface area contributed by atoms with Crippen molar-refractivity contribution < 1.29 is 82.2 Å². The molecule has 0 saturated carbocycles.